The highest BCUT2D eigenvalue weighted by Gasteiger charge is 2.19. The van der Waals surface area contributed by atoms with Crippen LogP contribution in [0.15, 0.2) is 18.3 Å². The van der Waals surface area contributed by atoms with E-state index >= 15 is 0 Å². The van der Waals surface area contributed by atoms with Crippen LogP contribution >= 0.6 is 0 Å². The Morgan fingerprint density at radius 3 is 2.44 bits per heavy atom. The van der Waals surface area contributed by atoms with Crippen molar-refractivity contribution in [2.75, 3.05) is 11.9 Å². The highest BCUT2D eigenvalue weighted by Crippen LogP contribution is 2.18. The van der Waals surface area contributed by atoms with Crippen molar-refractivity contribution in [3.8, 4) is 0 Å². The Morgan fingerprint density at radius 1 is 1.16 bits per heavy atom. The third-order valence-corrected chi connectivity index (χ3v) is 3.83. The normalized spacial score (nSPS) is 10.4. The molecule has 0 aliphatic rings. The first-order chi connectivity index (χ1) is 11.8. The number of hydrogen-bond acceptors (Lipinski definition) is 4. The zero-order valence-electron chi connectivity index (χ0n) is 14.8. The van der Waals surface area contributed by atoms with Crippen LogP contribution < -0.4 is 10.6 Å². The number of rotatable bonds is 6. The zero-order valence-corrected chi connectivity index (χ0v) is 14.8. The first-order valence-corrected chi connectivity index (χ1v) is 8.00. The van der Waals surface area contributed by atoms with E-state index in [-0.39, 0.29) is 30.6 Å². The van der Waals surface area contributed by atoms with Gasteiger partial charge >= 0.3 is 0 Å². The van der Waals surface area contributed by atoms with Crippen molar-refractivity contribution in [1.29, 1.82) is 0 Å². The lowest BCUT2D eigenvalue weighted by Gasteiger charge is -2.06. The van der Waals surface area contributed by atoms with Crippen molar-refractivity contribution in [3.05, 3.63) is 46.4 Å². The highest BCUT2D eigenvalue weighted by atomic mass is 16.2. The lowest BCUT2D eigenvalue weighted by Crippen LogP contribution is -2.28. The van der Waals surface area contributed by atoms with E-state index in [1.54, 1.807) is 26.1 Å². The average molecular weight is 342 g/mol. The number of aromatic nitrogens is 2. The predicted octanol–water partition coefficient (Wildman–Crippen LogP) is 2.30. The number of Topliss-reactive ketones (excluding diaryl/α,β-unsaturated/α-hetero) is 1. The van der Waals surface area contributed by atoms with Crippen LogP contribution in [0.2, 0.25) is 0 Å². The van der Waals surface area contributed by atoms with Crippen molar-refractivity contribution < 1.29 is 14.4 Å². The van der Waals surface area contributed by atoms with Crippen LogP contribution in [-0.2, 0) is 4.79 Å². The number of nitrogens with zero attached hydrogens (tertiary/aromatic N) is 1. The number of pyridine rings is 1. The van der Waals surface area contributed by atoms with Crippen molar-refractivity contribution in [3.63, 3.8) is 0 Å². The minimum atomic E-state index is -0.339. The Labute approximate surface area is 146 Å². The monoisotopic (exact) mass is 342 g/mol. The summed E-state index contributed by atoms with van der Waals surface area (Å²) in [4.78, 5) is 42.7. The molecule has 0 saturated carbocycles. The number of nitrogens with one attached hydrogen (secondary N) is 3. The largest absolute Gasteiger partial charge is 0.354 e. The molecule has 2 aromatic rings. The van der Waals surface area contributed by atoms with Gasteiger partial charge in [0.1, 0.15) is 11.5 Å². The van der Waals surface area contributed by atoms with Crippen molar-refractivity contribution in [2.24, 2.45) is 0 Å². The van der Waals surface area contributed by atoms with Crippen LogP contribution in [0.3, 0.4) is 0 Å². The molecule has 7 nitrogen and oxygen atoms in total. The molecule has 2 amide bonds. The van der Waals surface area contributed by atoms with Gasteiger partial charge in [-0.2, -0.15) is 0 Å². The van der Waals surface area contributed by atoms with E-state index in [1.807, 2.05) is 13.0 Å². The topological polar surface area (TPSA) is 104 Å². The molecule has 0 aromatic carbocycles. The summed E-state index contributed by atoms with van der Waals surface area (Å²) in [6.45, 7) is 7.04. The highest BCUT2D eigenvalue weighted by molar-refractivity contribution is 6.02. The SMILES string of the molecule is CC(=O)c1c(C)[nH]c(C(=O)NCCC(=O)Nc2ccc(C)cn2)c1C. The van der Waals surface area contributed by atoms with Crippen LogP contribution in [0.25, 0.3) is 0 Å². The summed E-state index contributed by atoms with van der Waals surface area (Å²) in [5.74, 6) is -0.186. The van der Waals surface area contributed by atoms with Crippen LogP contribution in [0.4, 0.5) is 5.82 Å². The molecule has 7 heteroatoms. The quantitative estimate of drug-likeness (QED) is 0.701. The lowest BCUT2D eigenvalue weighted by molar-refractivity contribution is -0.116. The zero-order chi connectivity index (χ0) is 18.6. The fourth-order valence-electron chi connectivity index (χ4n) is 2.63. The van der Waals surface area contributed by atoms with E-state index in [9.17, 15) is 14.4 Å². The molecule has 0 radical (unpaired) electrons. The summed E-state index contributed by atoms with van der Waals surface area (Å²) in [5, 5.41) is 5.35. The summed E-state index contributed by atoms with van der Waals surface area (Å²) in [6.07, 6.45) is 1.79. The summed E-state index contributed by atoms with van der Waals surface area (Å²) in [6, 6.07) is 3.58. The van der Waals surface area contributed by atoms with Gasteiger partial charge in [0, 0.05) is 30.4 Å². The Hall–Kier alpha value is -2.96. The minimum absolute atomic E-state index is 0.0877. The molecule has 3 N–H and O–H groups in total. The first kappa shape index (κ1) is 18.4. The molecule has 0 aliphatic heterocycles. The van der Waals surface area contributed by atoms with E-state index in [2.05, 4.69) is 20.6 Å². The number of hydrogen-bond donors (Lipinski definition) is 3. The molecule has 2 heterocycles. The molecule has 0 aliphatic carbocycles. The second-order valence-corrected chi connectivity index (χ2v) is 5.96. The number of ketones is 1. The number of carbonyl (C=O) groups is 3. The number of aryl methyl sites for hydroxylation is 2. The number of carbonyl (C=O) groups excluding carboxylic acids is 3. The Balaban J connectivity index is 1.88. The molecule has 2 aromatic heterocycles. The minimum Gasteiger partial charge on any atom is -0.354 e. The smallest absolute Gasteiger partial charge is 0.268 e. The molecular weight excluding hydrogens is 320 g/mol. The van der Waals surface area contributed by atoms with E-state index < -0.39 is 0 Å². The molecule has 0 saturated heterocycles. The summed E-state index contributed by atoms with van der Waals surface area (Å²) >= 11 is 0. The van der Waals surface area contributed by atoms with Crippen molar-refractivity contribution in [1.82, 2.24) is 15.3 Å². The maximum Gasteiger partial charge on any atom is 0.268 e. The van der Waals surface area contributed by atoms with E-state index in [0.717, 1.165) is 5.56 Å². The Kier molecular flexibility index (Phi) is 5.69. The van der Waals surface area contributed by atoms with Gasteiger partial charge in [0.05, 0.1) is 0 Å². The van der Waals surface area contributed by atoms with Crippen molar-refractivity contribution in [2.45, 2.75) is 34.1 Å². The molecule has 0 spiro atoms. The van der Waals surface area contributed by atoms with Crippen LogP contribution in [-0.4, -0.2) is 34.1 Å². The third-order valence-electron chi connectivity index (χ3n) is 3.83. The standard InChI is InChI=1S/C18H22N4O3/c1-10-5-6-14(20-9-10)22-15(24)7-8-19-18(25)17-11(2)16(13(4)23)12(3)21-17/h5-6,9,21H,7-8H2,1-4H3,(H,19,25)(H,20,22,24). The second kappa shape index (κ2) is 7.74. The molecular formula is C18H22N4O3. The van der Waals surface area contributed by atoms with Gasteiger partial charge < -0.3 is 15.6 Å². The van der Waals surface area contributed by atoms with Gasteiger partial charge in [0.25, 0.3) is 5.91 Å². The molecule has 25 heavy (non-hydrogen) atoms. The fraction of sp³-hybridized carbons (Fsp3) is 0.333. The maximum atomic E-state index is 12.2. The Bertz CT molecular complexity index is 806. The summed E-state index contributed by atoms with van der Waals surface area (Å²) < 4.78 is 0. The van der Waals surface area contributed by atoms with Crippen LogP contribution in [0.5, 0.6) is 0 Å². The summed E-state index contributed by atoms with van der Waals surface area (Å²) in [7, 11) is 0. The number of aromatic amines is 1. The van der Waals surface area contributed by atoms with Crippen LogP contribution in [0, 0.1) is 20.8 Å². The summed E-state index contributed by atoms with van der Waals surface area (Å²) in [5.41, 5.74) is 3.18. The molecule has 132 valence electrons. The average Bonchev–Trinajstić information content (AvgIpc) is 2.84. The molecule has 0 bridgehead atoms. The van der Waals surface area contributed by atoms with Gasteiger partial charge in [0.2, 0.25) is 5.91 Å². The second-order valence-electron chi connectivity index (χ2n) is 5.96. The fourth-order valence-corrected chi connectivity index (χ4v) is 2.63. The molecule has 0 fully saturated rings. The van der Waals surface area contributed by atoms with E-state index in [1.165, 1.54) is 6.92 Å². The number of anilines is 1. The van der Waals surface area contributed by atoms with Gasteiger partial charge in [-0.1, -0.05) is 6.07 Å². The van der Waals surface area contributed by atoms with E-state index in [4.69, 9.17) is 0 Å². The van der Waals surface area contributed by atoms with Gasteiger partial charge in [-0.05, 0) is 44.9 Å². The Morgan fingerprint density at radius 2 is 1.88 bits per heavy atom. The molecule has 2 rings (SSSR count). The van der Waals surface area contributed by atoms with Gasteiger partial charge in [-0.3, -0.25) is 14.4 Å². The first-order valence-electron chi connectivity index (χ1n) is 8.00. The number of amides is 2. The lowest BCUT2D eigenvalue weighted by atomic mass is 10.1. The third kappa shape index (κ3) is 4.53. The number of H-pyrrole nitrogens is 1. The van der Waals surface area contributed by atoms with Gasteiger partial charge in [-0.25, -0.2) is 4.98 Å². The molecule has 0 atom stereocenters. The van der Waals surface area contributed by atoms with Crippen molar-refractivity contribution >= 4 is 23.4 Å². The molecule has 0 unspecified atom stereocenters. The maximum absolute atomic E-state index is 12.2. The van der Waals surface area contributed by atoms with Crippen LogP contribution in [0.1, 0.15) is 51.0 Å². The predicted molar refractivity (Wildman–Crippen MR) is 94.8 cm³/mol. The van der Waals surface area contributed by atoms with Gasteiger partial charge in [-0.15, -0.1) is 0 Å². The van der Waals surface area contributed by atoms with E-state index in [0.29, 0.717) is 28.3 Å². The van der Waals surface area contributed by atoms with Gasteiger partial charge in [0.15, 0.2) is 5.78 Å².